The molecule has 6 nitrogen and oxygen atoms in total. The summed E-state index contributed by atoms with van der Waals surface area (Å²) in [7, 11) is 0. The summed E-state index contributed by atoms with van der Waals surface area (Å²) in [5.74, 6) is 0.293. The van der Waals surface area contributed by atoms with Crippen LogP contribution in [0.2, 0.25) is 0 Å². The molecule has 31 heavy (non-hydrogen) atoms. The molecule has 160 valence electrons. The van der Waals surface area contributed by atoms with Crippen molar-refractivity contribution < 1.29 is 14.3 Å². The van der Waals surface area contributed by atoms with E-state index in [0.29, 0.717) is 43.7 Å². The van der Waals surface area contributed by atoms with Crippen LogP contribution >= 0.6 is 0 Å². The van der Waals surface area contributed by atoms with Gasteiger partial charge in [0.25, 0.3) is 0 Å². The number of aryl methyl sites for hydroxylation is 1. The zero-order chi connectivity index (χ0) is 22.0. The van der Waals surface area contributed by atoms with Crippen molar-refractivity contribution in [2.24, 2.45) is 11.7 Å². The van der Waals surface area contributed by atoms with Gasteiger partial charge in [0.2, 0.25) is 5.91 Å². The van der Waals surface area contributed by atoms with E-state index in [2.05, 4.69) is 9.88 Å². The molecule has 0 bridgehead atoms. The number of nitrogens with zero attached hydrogens (tertiary/aromatic N) is 2. The summed E-state index contributed by atoms with van der Waals surface area (Å²) in [5, 5.41) is 0.876. The summed E-state index contributed by atoms with van der Waals surface area (Å²) in [5.41, 5.74) is 9.46. The molecule has 1 fully saturated rings. The van der Waals surface area contributed by atoms with Crippen LogP contribution in [0.5, 0.6) is 5.75 Å². The fraction of sp³-hybridized carbons (Fsp3) is 0.320. The van der Waals surface area contributed by atoms with Gasteiger partial charge >= 0.3 is 0 Å². The molecule has 0 unspecified atom stereocenters. The molecule has 0 aliphatic carbocycles. The van der Waals surface area contributed by atoms with Gasteiger partial charge in [-0.2, -0.15) is 0 Å². The van der Waals surface area contributed by atoms with Gasteiger partial charge in [-0.15, -0.1) is 0 Å². The number of aromatic nitrogens is 1. The zero-order valence-corrected chi connectivity index (χ0v) is 17.9. The lowest BCUT2D eigenvalue weighted by Crippen LogP contribution is -2.39. The predicted molar refractivity (Wildman–Crippen MR) is 122 cm³/mol. The molecule has 4 rings (SSSR count). The third-order valence-electron chi connectivity index (χ3n) is 5.89. The number of carbonyl (C=O) groups is 2. The second-order valence-electron chi connectivity index (χ2n) is 7.99. The van der Waals surface area contributed by atoms with Crippen LogP contribution < -0.4 is 15.4 Å². The van der Waals surface area contributed by atoms with Crippen LogP contribution in [-0.4, -0.2) is 36.4 Å². The molecule has 1 aliphatic rings. The van der Waals surface area contributed by atoms with Crippen LogP contribution in [0.3, 0.4) is 0 Å². The maximum atomic E-state index is 13.5. The number of fused-ring (bicyclic) bond motifs is 1. The van der Waals surface area contributed by atoms with Crippen molar-refractivity contribution in [3.05, 3.63) is 65.4 Å². The van der Waals surface area contributed by atoms with Crippen LogP contribution in [0.4, 0.5) is 5.69 Å². The molecule has 0 spiro atoms. The maximum Gasteiger partial charge on any atom is 0.220 e. The Labute approximate surface area is 182 Å². The van der Waals surface area contributed by atoms with E-state index in [1.54, 1.807) is 6.20 Å². The number of piperidine rings is 1. The molecule has 1 saturated heterocycles. The third kappa shape index (κ3) is 4.24. The van der Waals surface area contributed by atoms with Crippen LogP contribution in [-0.2, 0) is 4.79 Å². The number of nitrogens with two attached hydrogens (primary N) is 1. The van der Waals surface area contributed by atoms with E-state index in [0.717, 1.165) is 27.9 Å². The van der Waals surface area contributed by atoms with Gasteiger partial charge in [0.1, 0.15) is 5.75 Å². The SMILES string of the molecule is CCOc1ccc2ncc(C(=O)c3ccc(C)cc3)c(N3CCC(C(N)=O)CC3)c2c1. The van der Waals surface area contributed by atoms with Crippen molar-refractivity contribution in [1.82, 2.24) is 4.98 Å². The zero-order valence-electron chi connectivity index (χ0n) is 17.9. The standard InChI is InChI=1S/C25H27N3O3/c1-3-31-19-8-9-22-20(14-19)23(28-12-10-18(11-13-28)25(26)30)21(15-27-22)24(29)17-6-4-16(2)5-7-17/h4-9,14-15,18H,3,10-13H2,1-2H3,(H2,26,30). The van der Waals surface area contributed by atoms with E-state index in [-0.39, 0.29) is 17.6 Å². The molecule has 0 radical (unpaired) electrons. The molecule has 3 aromatic rings. The number of amides is 1. The van der Waals surface area contributed by atoms with Gasteiger partial charge in [0.05, 0.1) is 23.4 Å². The van der Waals surface area contributed by atoms with Crippen LogP contribution in [0.15, 0.2) is 48.7 Å². The van der Waals surface area contributed by atoms with Crippen LogP contribution in [0.1, 0.15) is 41.3 Å². The first-order chi connectivity index (χ1) is 15.0. The minimum absolute atomic E-state index is 0.0664. The lowest BCUT2D eigenvalue weighted by molar-refractivity contribution is -0.122. The summed E-state index contributed by atoms with van der Waals surface area (Å²) >= 11 is 0. The summed E-state index contributed by atoms with van der Waals surface area (Å²) in [4.78, 5) is 31.9. The Kier molecular flexibility index (Phi) is 5.89. The van der Waals surface area contributed by atoms with Gasteiger partial charge in [0, 0.05) is 36.2 Å². The molecule has 1 amide bonds. The highest BCUT2D eigenvalue weighted by Crippen LogP contribution is 2.35. The van der Waals surface area contributed by atoms with E-state index in [1.807, 2.05) is 56.3 Å². The fourth-order valence-electron chi connectivity index (χ4n) is 4.17. The van der Waals surface area contributed by atoms with Crippen molar-refractivity contribution >= 4 is 28.3 Å². The number of ether oxygens (including phenoxy) is 1. The molecule has 2 N–H and O–H groups in total. The Morgan fingerprint density at radius 3 is 2.48 bits per heavy atom. The molecule has 1 aromatic heterocycles. The molecular formula is C25H27N3O3. The van der Waals surface area contributed by atoms with Gasteiger partial charge in [-0.3, -0.25) is 14.6 Å². The molecule has 2 aromatic carbocycles. The largest absolute Gasteiger partial charge is 0.494 e. The number of hydrogen-bond donors (Lipinski definition) is 1. The second kappa shape index (κ2) is 8.76. The number of rotatable bonds is 6. The Balaban J connectivity index is 1.83. The smallest absolute Gasteiger partial charge is 0.220 e. The van der Waals surface area contributed by atoms with E-state index < -0.39 is 0 Å². The monoisotopic (exact) mass is 417 g/mol. The molecule has 6 heteroatoms. The average Bonchev–Trinajstić information content (AvgIpc) is 2.78. The first-order valence-corrected chi connectivity index (χ1v) is 10.7. The lowest BCUT2D eigenvalue weighted by atomic mass is 9.93. The van der Waals surface area contributed by atoms with Crippen molar-refractivity contribution in [2.75, 3.05) is 24.6 Å². The van der Waals surface area contributed by atoms with Crippen molar-refractivity contribution in [1.29, 1.82) is 0 Å². The Morgan fingerprint density at radius 2 is 1.84 bits per heavy atom. The molecule has 0 saturated carbocycles. The molecule has 2 heterocycles. The molecule has 1 aliphatic heterocycles. The van der Waals surface area contributed by atoms with E-state index in [4.69, 9.17) is 10.5 Å². The highest BCUT2D eigenvalue weighted by atomic mass is 16.5. The Morgan fingerprint density at radius 1 is 1.13 bits per heavy atom. The quantitative estimate of drug-likeness (QED) is 0.615. The minimum Gasteiger partial charge on any atom is -0.494 e. The maximum absolute atomic E-state index is 13.5. The number of pyridine rings is 1. The van der Waals surface area contributed by atoms with Gasteiger partial charge < -0.3 is 15.4 Å². The number of anilines is 1. The van der Waals surface area contributed by atoms with Gasteiger partial charge in [0.15, 0.2) is 5.78 Å². The Bertz CT molecular complexity index is 1120. The highest BCUT2D eigenvalue weighted by molar-refractivity contribution is 6.16. The van der Waals surface area contributed by atoms with Gasteiger partial charge in [-0.05, 0) is 44.9 Å². The third-order valence-corrected chi connectivity index (χ3v) is 5.89. The minimum atomic E-state index is -0.256. The number of ketones is 1. The number of hydrogen-bond acceptors (Lipinski definition) is 5. The van der Waals surface area contributed by atoms with Gasteiger partial charge in [-0.25, -0.2) is 0 Å². The number of primary amides is 1. The second-order valence-corrected chi connectivity index (χ2v) is 7.99. The summed E-state index contributed by atoms with van der Waals surface area (Å²) < 4.78 is 5.71. The van der Waals surface area contributed by atoms with Gasteiger partial charge in [-0.1, -0.05) is 29.8 Å². The first kappa shape index (κ1) is 20.8. The predicted octanol–water partition coefficient (Wildman–Crippen LogP) is 3.87. The first-order valence-electron chi connectivity index (χ1n) is 10.7. The summed E-state index contributed by atoms with van der Waals surface area (Å²) in [6.45, 7) is 5.80. The van der Waals surface area contributed by atoms with E-state index >= 15 is 0 Å². The molecule has 0 atom stereocenters. The summed E-state index contributed by atoms with van der Waals surface area (Å²) in [6, 6.07) is 13.3. The normalized spacial score (nSPS) is 14.6. The van der Waals surface area contributed by atoms with Crippen LogP contribution in [0, 0.1) is 12.8 Å². The topological polar surface area (TPSA) is 85.5 Å². The van der Waals surface area contributed by atoms with Crippen LogP contribution in [0.25, 0.3) is 10.9 Å². The van der Waals surface area contributed by atoms with E-state index in [1.165, 1.54) is 0 Å². The van der Waals surface area contributed by atoms with E-state index in [9.17, 15) is 9.59 Å². The highest BCUT2D eigenvalue weighted by Gasteiger charge is 2.28. The average molecular weight is 418 g/mol. The van der Waals surface area contributed by atoms with Crippen molar-refractivity contribution in [3.63, 3.8) is 0 Å². The summed E-state index contributed by atoms with van der Waals surface area (Å²) in [6.07, 6.45) is 3.01. The van der Waals surface area contributed by atoms with Crippen molar-refractivity contribution in [2.45, 2.75) is 26.7 Å². The number of benzene rings is 2. The number of carbonyl (C=O) groups excluding carboxylic acids is 2. The fourth-order valence-corrected chi connectivity index (χ4v) is 4.17. The molecular weight excluding hydrogens is 390 g/mol. The Hall–Kier alpha value is -3.41. The lowest BCUT2D eigenvalue weighted by Gasteiger charge is -2.34. The van der Waals surface area contributed by atoms with Crippen molar-refractivity contribution in [3.8, 4) is 5.75 Å².